The number of rotatable bonds is 5. The molecule has 2 heterocycles. The second kappa shape index (κ2) is 4.84. The molecule has 6 nitrogen and oxygen atoms in total. The van der Waals surface area contributed by atoms with Gasteiger partial charge in [0.15, 0.2) is 5.69 Å². The third kappa shape index (κ3) is 2.35. The van der Waals surface area contributed by atoms with E-state index in [0.717, 1.165) is 25.4 Å². The van der Waals surface area contributed by atoms with Gasteiger partial charge in [-0.3, -0.25) is 4.90 Å². The van der Waals surface area contributed by atoms with Crippen LogP contribution in [0, 0.1) is 0 Å². The summed E-state index contributed by atoms with van der Waals surface area (Å²) in [6, 6.07) is 0.280. The summed E-state index contributed by atoms with van der Waals surface area (Å²) in [6.45, 7) is 2.95. The van der Waals surface area contributed by atoms with E-state index < -0.39 is 5.97 Å². The molecule has 1 aliphatic heterocycles. The van der Waals surface area contributed by atoms with Crippen LogP contribution in [0.2, 0.25) is 0 Å². The summed E-state index contributed by atoms with van der Waals surface area (Å²) in [5.74, 6) is 0.106. The molecule has 0 atom stereocenters. The molecule has 0 bridgehead atoms. The second-order valence-electron chi connectivity index (χ2n) is 3.80. The van der Waals surface area contributed by atoms with Crippen molar-refractivity contribution in [1.29, 1.82) is 0 Å². The third-order valence-corrected chi connectivity index (χ3v) is 3.24. The first kappa shape index (κ1) is 11.4. The zero-order valence-corrected chi connectivity index (χ0v) is 9.85. The van der Waals surface area contributed by atoms with Crippen LogP contribution in [-0.4, -0.2) is 62.6 Å². The molecule has 16 heavy (non-hydrogen) atoms. The number of carbonyl (C=O) groups is 1. The van der Waals surface area contributed by atoms with Crippen LogP contribution in [0.3, 0.4) is 0 Å². The number of hydrogen-bond donors (Lipinski definition) is 1. The van der Waals surface area contributed by atoms with Crippen molar-refractivity contribution in [3.63, 3.8) is 0 Å². The quantitative estimate of drug-likeness (QED) is 0.795. The van der Waals surface area contributed by atoms with Crippen molar-refractivity contribution >= 4 is 17.7 Å². The predicted molar refractivity (Wildman–Crippen MR) is 60.8 cm³/mol. The van der Waals surface area contributed by atoms with Crippen molar-refractivity contribution in [1.82, 2.24) is 19.9 Å². The van der Waals surface area contributed by atoms with E-state index in [9.17, 15) is 4.79 Å². The van der Waals surface area contributed by atoms with Crippen LogP contribution in [0.5, 0.6) is 0 Å². The minimum atomic E-state index is -1.02. The van der Waals surface area contributed by atoms with E-state index in [4.69, 9.17) is 5.11 Å². The van der Waals surface area contributed by atoms with Gasteiger partial charge in [-0.25, -0.2) is 9.48 Å². The molecule has 1 fully saturated rings. The Labute approximate surface area is 97.6 Å². The highest BCUT2D eigenvalue weighted by atomic mass is 32.2. The van der Waals surface area contributed by atoms with Crippen molar-refractivity contribution in [2.75, 3.05) is 31.6 Å². The highest BCUT2D eigenvalue weighted by molar-refractivity contribution is 7.98. The number of hydrogen-bond acceptors (Lipinski definition) is 5. The summed E-state index contributed by atoms with van der Waals surface area (Å²) in [5, 5.41) is 16.1. The first-order valence-electron chi connectivity index (χ1n) is 5.07. The number of likely N-dealkylation sites (tertiary alicyclic amines) is 1. The average molecular weight is 242 g/mol. The zero-order valence-electron chi connectivity index (χ0n) is 9.04. The molecule has 0 spiro atoms. The van der Waals surface area contributed by atoms with Crippen LogP contribution < -0.4 is 0 Å². The zero-order chi connectivity index (χ0) is 11.5. The van der Waals surface area contributed by atoms with E-state index in [2.05, 4.69) is 21.5 Å². The van der Waals surface area contributed by atoms with Gasteiger partial charge < -0.3 is 5.11 Å². The molecule has 0 amide bonds. The van der Waals surface area contributed by atoms with Gasteiger partial charge in [0.25, 0.3) is 0 Å². The molecule has 0 saturated carbocycles. The lowest BCUT2D eigenvalue weighted by Crippen LogP contribution is -2.48. The summed E-state index contributed by atoms with van der Waals surface area (Å²) < 4.78 is 1.65. The van der Waals surface area contributed by atoms with Gasteiger partial charge in [-0.2, -0.15) is 11.8 Å². The predicted octanol–water partition coefficient (Wildman–Crippen LogP) is 0.196. The number of carboxylic acid groups (broad SMARTS) is 1. The highest BCUT2D eigenvalue weighted by Crippen LogP contribution is 2.20. The van der Waals surface area contributed by atoms with E-state index in [1.807, 2.05) is 11.8 Å². The maximum absolute atomic E-state index is 10.6. The van der Waals surface area contributed by atoms with Gasteiger partial charge in [0, 0.05) is 25.4 Å². The summed E-state index contributed by atoms with van der Waals surface area (Å²) in [7, 11) is 0. The molecule has 1 aromatic rings. The molecule has 7 heteroatoms. The lowest BCUT2D eigenvalue weighted by atomic mass is 10.1. The molecule has 1 N–H and O–H groups in total. The molecule has 0 aromatic carbocycles. The average Bonchev–Trinajstić information content (AvgIpc) is 2.64. The molecule has 1 saturated heterocycles. The Kier molecular flexibility index (Phi) is 3.45. The fraction of sp³-hybridized carbons (Fsp3) is 0.667. The van der Waals surface area contributed by atoms with E-state index in [1.165, 1.54) is 6.20 Å². The first-order chi connectivity index (χ1) is 7.70. The number of thioether (sulfide) groups is 1. The summed E-state index contributed by atoms with van der Waals surface area (Å²) in [6.07, 6.45) is 3.59. The number of carboxylic acids is 1. The molecule has 0 radical (unpaired) electrons. The highest BCUT2D eigenvalue weighted by Gasteiger charge is 2.28. The lowest BCUT2D eigenvalue weighted by Gasteiger charge is -2.38. The summed E-state index contributed by atoms with van der Waals surface area (Å²) >= 11 is 1.83. The molecule has 1 aliphatic rings. The van der Waals surface area contributed by atoms with Gasteiger partial charge in [-0.1, -0.05) is 5.21 Å². The maximum atomic E-state index is 10.6. The smallest absolute Gasteiger partial charge is 0.358 e. The van der Waals surface area contributed by atoms with Crippen LogP contribution in [-0.2, 0) is 0 Å². The van der Waals surface area contributed by atoms with E-state index in [0.29, 0.717) is 0 Å². The number of aromatic carboxylic acids is 1. The Bertz CT molecular complexity index is 375. The molecule has 2 rings (SSSR count). The topological polar surface area (TPSA) is 71.2 Å². The maximum Gasteiger partial charge on any atom is 0.358 e. The van der Waals surface area contributed by atoms with Crippen molar-refractivity contribution < 1.29 is 9.90 Å². The van der Waals surface area contributed by atoms with Gasteiger partial charge in [0.05, 0.1) is 12.2 Å². The Balaban J connectivity index is 1.84. The number of aromatic nitrogens is 3. The van der Waals surface area contributed by atoms with Crippen molar-refractivity contribution in [3.05, 3.63) is 11.9 Å². The standard InChI is InChI=1S/C9H14N4O2S/c1-16-3-2-12-4-7(5-12)13-6-8(9(14)15)10-11-13/h6-7H,2-5H2,1H3,(H,14,15). The molecule has 0 unspecified atom stereocenters. The minimum Gasteiger partial charge on any atom is -0.476 e. The monoisotopic (exact) mass is 242 g/mol. The number of nitrogens with zero attached hydrogens (tertiary/aromatic N) is 4. The van der Waals surface area contributed by atoms with Crippen LogP contribution in [0.4, 0.5) is 0 Å². The van der Waals surface area contributed by atoms with Crippen LogP contribution in [0.1, 0.15) is 16.5 Å². The van der Waals surface area contributed by atoms with E-state index in [1.54, 1.807) is 4.68 Å². The molecular weight excluding hydrogens is 228 g/mol. The van der Waals surface area contributed by atoms with Gasteiger partial charge in [-0.05, 0) is 6.26 Å². The van der Waals surface area contributed by atoms with Crippen LogP contribution >= 0.6 is 11.8 Å². The van der Waals surface area contributed by atoms with Crippen molar-refractivity contribution in [3.8, 4) is 0 Å². The van der Waals surface area contributed by atoms with Gasteiger partial charge in [0.1, 0.15) is 0 Å². The van der Waals surface area contributed by atoms with Gasteiger partial charge in [-0.15, -0.1) is 5.10 Å². The fourth-order valence-electron chi connectivity index (χ4n) is 1.67. The minimum absolute atomic E-state index is 0.0163. The normalized spacial score (nSPS) is 17.3. The Morgan fingerprint density at radius 3 is 3.00 bits per heavy atom. The van der Waals surface area contributed by atoms with Crippen molar-refractivity contribution in [2.24, 2.45) is 0 Å². The summed E-state index contributed by atoms with van der Waals surface area (Å²) in [4.78, 5) is 12.9. The van der Waals surface area contributed by atoms with Crippen LogP contribution in [0.25, 0.3) is 0 Å². The van der Waals surface area contributed by atoms with Gasteiger partial charge in [0.2, 0.25) is 0 Å². The second-order valence-corrected chi connectivity index (χ2v) is 4.78. The van der Waals surface area contributed by atoms with Gasteiger partial charge >= 0.3 is 5.97 Å². The first-order valence-corrected chi connectivity index (χ1v) is 6.46. The molecule has 88 valence electrons. The lowest BCUT2D eigenvalue weighted by molar-refractivity contribution is 0.0690. The Morgan fingerprint density at radius 1 is 1.69 bits per heavy atom. The van der Waals surface area contributed by atoms with E-state index >= 15 is 0 Å². The van der Waals surface area contributed by atoms with Crippen LogP contribution in [0.15, 0.2) is 6.20 Å². The SMILES string of the molecule is CSCCN1CC(n2cc(C(=O)O)nn2)C1. The van der Waals surface area contributed by atoms with Crippen molar-refractivity contribution in [2.45, 2.75) is 6.04 Å². The third-order valence-electron chi connectivity index (χ3n) is 2.65. The Morgan fingerprint density at radius 2 is 2.44 bits per heavy atom. The fourth-order valence-corrected chi connectivity index (χ4v) is 2.11. The molecule has 1 aromatic heterocycles. The molecular formula is C9H14N4O2S. The molecule has 0 aliphatic carbocycles. The summed E-state index contributed by atoms with van der Waals surface area (Å²) in [5.41, 5.74) is 0.0163. The Hall–Kier alpha value is -1.08. The largest absolute Gasteiger partial charge is 0.476 e. The van der Waals surface area contributed by atoms with E-state index in [-0.39, 0.29) is 11.7 Å².